The molecule has 0 bridgehead atoms. The van der Waals surface area contributed by atoms with Crippen LogP contribution in [0.2, 0.25) is 0 Å². The molecule has 2 atom stereocenters. The Bertz CT molecular complexity index is 535. The Morgan fingerprint density at radius 3 is 2.71 bits per heavy atom. The molecule has 2 unspecified atom stereocenters. The molecule has 1 amide bonds. The van der Waals surface area contributed by atoms with E-state index in [-0.39, 0.29) is 37.2 Å². The first kappa shape index (κ1) is 20.3. The SMILES string of the molecule is CCOC(=O)CC(NC(=O)C1CNCCO1)c1ccc(F)cc1.Cl. The first-order valence-electron chi connectivity index (χ1n) is 7.64. The molecule has 1 aliphatic heterocycles. The Hall–Kier alpha value is -1.70. The van der Waals surface area contributed by atoms with Crippen molar-refractivity contribution in [2.75, 3.05) is 26.3 Å². The zero-order valence-corrected chi connectivity index (χ0v) is 14.2. The van der Waals surface area contributed by atoms with Gasteiger partial charge in [-0.15, -0.1) is 12.4 Å². The summed E-state index contributed by atoms with van der Waals surface area (Å²) >= 11 is 0. The van der Waals surface area contributed by atoms with E-state index < -0.39 is 18.1 Å². The van der Waals surface area contributed by atoms with Crippen LogP contribution in [0.15, 0.2) is 24.3 Å². The quantitative estimate of drug-likeness (QED) is 0.749. The Labute approximate surface area is 146 Å². The number of nitrogens with one attached hydrogen (secondary N) is 2. The van der Waals surface area contributed by atoms with E-state index >= 15 is 0 Å². The summed E-state index contributed by atoms with van der Waals surface area (Å²) in [5.74, 6) is -1.12. The summed E-state index contributed by atoms with van der Waals surface area (Å²) in [6.07, 6.45) is -0.625. The minimum absolute atomic E-state index is 0. The van der Waals surface area contributed by atoms with Gasteiger partial charge in [0.05, 0.1) is 25.7 Å². The summed E-state index contributed by atoms with van der Waals surface area (Å²) in [6.45, 7) is 3.55. The molecule has 1 fully saturated rings. The van der Waals surface area contributed by atoms with Crippen LogP contribution in [0.1, 0.15) is 24.9 Å². The Morgan fingerprint density at radius 2 is 2.12 bits per heavy atom. The van der Waals surface area contributed by atoms with Gasteiger partial charge >= 0.3 is 5.97 Å². The predicted octanol–water partition coefficient (Wildman–Crippen LogP) is 1.35. The van der Waals surface area contributed by atoms with E-state index in [0.717, 1.165) is 0 Å². The lowest BCUT2D eigenvalue weighted by atomic mass is 10.0. The molecule has 1 aliphatic rings. The molecule has 24 heavy (non-hydrogen) atoms. The summed E-state index contributed by atoms with van der Waals surface area (Å²) in [6, 6.07) is 5.07. The molecule has 134 valence electrons. The lowest BCUT2D eigenvalue weighted by Gasteiger charge is -2.26. The number of hydrogen-bond donors (Lipinski definition) is 2. The highest BCUT2D eigenvalue weighted by molar-refractivity contribution is 5.85. The van der Waals surface area contributed by atoms with Crippen molar-refractivity contribution in [3.05, 3.63) is 35.6 Å². The van der Waals surface area contributed by atoms with Gasteiger partial charge in [0.2, 0.25) is 0 Å². The molecule has 0 aliphatic carbocycles. The van der Waals surface area contributed by atoms with Crippen molar-refractivity contribution in [2.45, 2.75) is 25.5 Å². The number of carbonyl (C=O) groups excluding carboxylic acids is 2. The first-order chi connectivity index (χ1) is 11.1. The summed E-state index contributed by atoms with van der Waals surface area (Å²) in [5, 5.41) is 5.85. The average Bonchev–Trinajstić information content (AvgIpc) is 2.56. The Kier molecular flexibility index (Phi) is 8.67. The normalized spacial score (nSPS) is 18.2. The molecule has 0 aromatic heterocycles. The number of morpholine rings is 1. The maximum absolute atomic E-state index is 13.1. The maximum atomic E-state index is 13.1. The van der Waals surface area contributed by atoms with Gasteiger partial charge in [-0.25, -0.2) is 4.39 Å². The molecule has 0 radical (unpaired) electrons. The molecular weight excluding hydrogens is 339 g/mol. The van der Waals surface area contributed by atoms with Crippen LogP contribution in [-0.2, 0) is 19.1 Å². The van der Waals surface area contributed by atoms with E-state index in [1.165, 1.54) is 12.1 Å². The number of hydrogen-bond acceptors (Lipinski definition) is 5. The van der Waals surface area contributed by atoms with Crippen molar-refractivity contribution >= 4 is 24.3 Å². The molecule has 6 nitrogen and oxygen atoms in total. The van der Waals surface area contributed by atoms with Crippen LogP contribution in [-0.4, -0.2) is 44.3 Å². The molecule has 1 saturated heterocycles. The van der Waals surface area contributed by atoms with Crippen LogP contribution in [0, 0.1) is 5.82 Å². The molecule has 2 rings (SSSR count). The van der Waals surface area contributed by atoms with E-state index in [0.29, 0.717) is 25.3 Å². The molecular formula is C16H22ClFN2O4. The number of ether oxygens (including phenoxy) is 2. The smallest absolute Gasteiger partial charge is 0.308 e. The van der Waals surface area contributed by atoms with E-state index in [4.69, 9.17) is 9.47 Å². The fraction of sp³-hybridized carbons (Fsp3) is 0.500. The van der Waals surface area contributed by atoms with Crippen molar-refractivity contribution in [3.8, 4) is 0 Å². The molecule has 0 saturated carbocycles. The van der Waals surface area contributed by atoms with Gasteiger partial charge in [0.25, 0.3) is 5.91 Å². The molecule has 0 spiro atoms. The van der Waals surface area contributed by atoms with Crippen molar-refractivity contribution in [2.24, 2.45) is 0 Å². The van der Waals surface area contributed by atoms with Crippen LogP contribution in [0.3, 0.4) is 0 Å². The van der Waals surface area contributed by atoms with Crippen LogP contribution in [0.25, 0.3) is 0 Å². The molecule has 1 aromatic carbocycles. The van der Waals surface area contributed by atoms with Gasteiger partial charge in [-0.3, -0.25) is 9.59 Å². The van der Waals surface area contributed by atoms with E-state index in [1.54, 1.807) is 19.1 Å². The lowest BCUT2D eigenvalue weighted by molar-refractivity contribution is -0.144. The van der Waals surface area contributed by atoms with E-state index in [9.17, 15) is 14.0 Å². The van der Waals surface area contributed by atoms with Crippen LogP contribution >= 0.6 is 12.4 Å². The van der Waals surface area contributed by atoms with E-state index in [1.807, 2.05) is 0 Å². The van der Waals surface area contributed by atoms with Gasteiger partial charge in [-0.05, 0) is 24.6 Å². The molecule has 1 aromatic rings. The third-order valence-electron chi connectivity index (χ3n) is 3.49. The minimum Gasteiger partial charge on any atom is -0.466 e. The van der Waals surface area contributed by atoms with Crippen LogP contribution in [0.4, 0.5) is 4.39 Å². The third kappa shape index (κ3) is 6.07. The number of halogens is 2. The molecule has 8 heteroatoms. The lowest BCUT2D eigenvalue weighted by Crippen LogP contribution is -2.48. The van der Waals surface area contributed by atoms with Crippen molar-refractivity contribution < 1.29 is 23.5 Å². The highest BCUT2D eigenvalue weighted by atomic mass is 35.5. The number of amides is 1. The minimum atomic E-state index is -0.603. The van der Waals surface area contributed by atoms with Gasteiger partial charge in [0, 0.05) is 13.1 Å². The topological polar surface area (TPSA) is 76.7 Å². The maximum Gasteiger partial charge on any atom is 0.308 e. The van der Waals surface area contributed by atoms with Crippen molar-refractivity contribution in [1.29, 1.82) is 0 Å². The highest BCUT2D eigenvalue weighted by Crippen LogP contribution is 2.18. The standard InChI is InChI=1S/C16H21FN2O4.ClH/c1-2-22-15(20)9-13(11-3-5-12(17)6-4-11)19-16(21)14-10-18-7-8-23-14;/h3-6,13-14,18H,2,7-10H2,1H3,(H,19,21);1H. The van der Waals surface area contributed by atoms with Gasteiger partial charge in [-0.1, -0.05) is 12.1 Å². The van der Waals surface area contributed by atoms with Crippen molar-refractivity contribution in [3.63, 3.8) is 0 Å². The number of rotatable bonds is 6. The fourth-order valence-electron chi connectivity index (χ4n) is 2.33. The summed E-state index contributed by atoms with van der Waals surface area (Å²) < 4.78 is 23.4. The monoisotopic (exact) mass is 360 g/mol. The number of carbonyl (C=O) groups is 2. The number of esters is 1. The predicted molar refractivity (Wildman–Crippen MR) is 88.4 cm³/mol. The fourth-order valence-corrected chi connectivity index (χ4v) is 2.33. The highest BCUT2D eigenvalue weighted by Gasteiger charge is 2.26. The van der Waals surface area contributed by atoms with Gasteiger partial charge in [0.15, 0.2) is 0 Å². The van der Waals surface area contributed by atoms with Gasteiger partial charge < -0.3 is 20.1 Å². The zero-order chi connectivity index (χ0) is 16.7. The van der Waals surface area contributed by atoms with Crippen LogP contribution < -0.4 is 10.6 Å². The second kappa shape index (κ2) is 10.2. The first-order valence-corrected chi connectivity index (χ1v) is 7.64. The van der Waals surface area contributed by atoms with Gasteiger partial charge in [0.1, 0.15) is 11.9 Å². The second-order valence-electron chi connectivity index (χ2n) is 5.19. The summed E-state index contributed by atoms with van der Waals surface area (Å²) in [5.41, 5.74) is 0.636. The zero-order valence-electron chi connectivity index (χ0n) is 13.4. The Morgan fingerprint density at radius 1 is 1.42 bits per heavy atom. The summed E-state index contributed by atoms with van der Waals surface area (Å²) in [7, 11) is 0. The van der Waals surface area contributed by atoms with E-state index in [2.05, 4.69) is 10.6 Å². The Balaban J connectivity index is 0.00000288. The average molecular weight is 361 g/mol. The van der Waals surface area contributed by atoms with Gasteiger partial charge in [-0.2, -0.15) is 0 Å². The van der Waals surface area contributed by atoms with Crippen molar-refractivity contribution in [1.82, 2.24) is 10.6 Å². The molecule has 1 heterocycles. The third-order valence-corrected chi connectivity index (χ3v) is 3.49. The number of benzene rings is 1. The largest absolute Gasteiger partial charge is 0.466 e. The van der Waals surface area contributed by atoms with Crippen LogP contribution in [0.5, 0.6) is 0 Å². The molecule has 2 N–H and O–H groups in total. The second-order valence-corrected chi connectivity index (χ2v) is 5.19. The summed E-state index contributed by atoms with van der Waals surface area (Å²) in [4.78, 5) is 24.0.